The van der Waals surface area contributed by atoms with Crippen molar-refractivity contribution >= 4 is 11.7 Å². The minimum atomic E-state index is -0.295. The van der Waals surface area contributed by atoms with Crippen LogP contribution in [0.3, 0.4) is 0 Å². The van der Waals surface area contributed by atoms with Crippen LogP contribution in [-0.2, 0) is 14.2 Å². The summed E-state index contributed by atoms with van der Waals surface area (Å²) >= 11 is 0. The van der Waals surface area contributed by atoms with Crippen LogP contribution >= 0.6 is 0 Å². The fourth-order valence-corrected chi connectivity index (χ4v) is 1.67. The van der Waals surface area contributed by atoms with Gasteiger partial charge in [-0.2, -0.15) is 0 Å². The van der Waals surface area contributed by atoms with E-state index < -0.39 is 0 Å². The Kier molecular flexibility index (Phi) is 10.0. The molecule has 1 aromatic rings. The SMILES string of the molecule is C#CCOCCOCCOCCNC(=O)c1cncc(C(C)=O)c1. The van der Waals surface area contributed by atoms with Crippen LogP contribution in [0.2, 0.25) is 0 Å². The molecule has 1 rings (SSSR count). The highest BCUT2D eigenvalue weighted by Gasteiger charge is 2.08. The Bertz CT molecular complexity index is 568. The van der Waals surface area contributed by atoms with Gasteiger partial charge in [0.1, 0.15) is 6.61 Å². The minimum Gasteiger partial charge on any atom is -0.377 e. The molecule has 24 heavy (non-hydrogen) atoms. The topological polar surface area (TPSA) is 86.8 Å². The highest BCUT2D eigenvalue weighted by Crippen LogP contribution is 2.03. The van der Waals surface area contributed by atoms with Gasteiger partial charge >= 0.3 is 0 Å². The standard InChI is InChI=1S/C17H22N2O5/c1-3-5-22-7-9-24-10-8-23-6-4-19-17(21)16-11-15(14(2)20)12-18-13-16/h1,11-13H,4-10H2,2H3,(H,19,21). The van der Waals surface area contributed by atoms with Crippen molar-refractivity contribution in [2.45, 2.75) is 6.92 Å². The molecular formula is C17H22N2O5. The van der Waals surface area contributed by atoms with E-state index in [1.54, 1.807) is 0 Å². The van der Waals surface area contributed by atoms with Gasteiger partial charge in [-0.05, 0) is 13.0 Å². The third-order valence-corrected chi connectivity index (χ3v) is 2.87. The van der Waals surface area contributed by atoms with Gasteiger partial charge in [-0.15, -0.1) is 6.42 Å². The van der Waals surface area contributed by atoms with E-state index in [9.17, 15) is 9.59 Å². The van der Waals surface area contributed by atoms with Crippen LogP contribution in [-0.4, -0.2) is 62.9 Å². The summed E-state index contributed by atoms with van der Waals surface area (Å²) in [5.74, 6) is 1.94. The number of Topliss-reactive ketones (excluding diaryl/α,β-unsaturated/α-hetero) is 1. The van der Waals surface area contributed by atoms with Crippen molar-refractivity contribution in [1.82, 2.24) is 10.3 Å². The van der Waals surface area contributed by atoms with Crippen molar-refractivity contribution in [3.63, 3.8) is 0 Å². The lowest BCUT2D eigenvalue weighted by atomic mass is 10.1. The third kappa shape index (κ3) is 8.39. The van der Waals surface area contributed by atoms with Gasteiger partial charge in [-0.3, -0.25) is 14.6 Å². The Morgan fingerprint density at radius 2 is 1.71 bits per heavy atom. The molecule has 0 spiro atoms. The van der Waals surface area contributed by atoms with Gasteiger partial charge in [0.25, 0.3) is 5.91 Å². The maximum absolute atomic E-state index is 11.9. The van der Waals surface area contributed by atoms with E-state index in [0.29, 0.717) is 50.7 Å². The first-order valence-corrected chi connectivity index (χ1v) is 7.56. The van der Waals surface area contributed by atoms with Crippen LogP contribution in [0, 0.1) is 12.3 Å². The molecule has 130 valence electrons. The van der Waals surface area contributed by atoms with Gasteiger partial charge in [0.2, 0.25) is 0 Å². The molecule has 0 saturated carbocycles. The van der Waals surface area contributed by atoms with E-state index in [2.05, 4.69) is 16.2 Å². The summed E-state index contributed by atoms with van der Waals surface area (Å²) in [5.41, 5.74) is 0.750. The number of amides is 1. The number of carbonyl (C=O) groups is 2. The summed E-state index contributed by atoms with van der Waals surface area (Å²) in [6, 6.07) is 1.52. The van der Waals surface area contributed by atoms with Crippen LogP contribution < -0.4 is 5.32 Å². The van der Waals surface area contributed by atoms with Crippen molar-refractivity contribution in [2.24, 2.45) is 0 Å². The number of nitrogens with zero attached hydrogens (tertiary/aromatic N) is 1. The Balaban J connectivity index is 2.07. The number of pyridine rings is 1. The van der Waals surface area contributed by atoms with E-state index >= 15 is 0 Å². The Labute approximate surface area is 141 Å². The molecule has 0 aliphatic heterocycles. The minimum absolute atomic E-state index is 0.134. The predicted octanol–water partition coefficient (Wildman–Crippen LogP) is 0.697. The molecule has 0 aliphatic rings. The smallest absolute Gasteiger partial charge is 0.252 e. The zero-order valence-corrected chi connectivity index (χ0v) is 13.7. The molecule has 1 aromatic heterocycles. The molecule has 1 N–H and O–H groups in total. The maximum atomic E-state index is 11.9. The first-order chi connectivity index (χ1) is 11.6. The summed E-state index contributed by atoms with van der Waals surface area (Å²) in [4.78, 5) is 27.0. The second-order valence-corrected chi connectivity index (χ2v) is 4.76. The molecule has 7 nitrogen and oxygen atoms in total. The predicted molar refractivity (Wildman–Crippen MR) is 87.9 cm³/mol. The normalized spacial score (nSPS) is 10.2. The first-order valence-electron chi connectivity index (χ1n) is 7.56. The van der Waals surface area contributed by atoms with E-state index in [0.717, 1.165) is 0 Å². The number of hydrogen-bond donors (Lipinski definition) is 1. The molecule has 0 atom stereocenters. The molecule has 0 bridgehead atoms. The van der Waals surface area contributed by atoms with Crippen LogP contribution in [0.1, 0.15) is 27.6 Å². The van der Waals surface area contributed by atoms with Gasteiger partial charge in [0.05, 0.1) is 38.6 Å². The maximum Gasteiger partial charge on any atom is 0.252 e. The quantitative estimate of drug-likeness (QED) is 0.344. The summed E-state index contributed by atoms with van der Waals surface area (Å²) in [7, 11) is 0. The molecule has 0 aliphatic carbocycles. The molecule has 1 heterocycles. The molecule has 0 unspecified atom stereocenters. The fourth-order valence-electron chi connectivity index (χ4n) is 1.67. The average molecular weight is 334 g/mol. The number of aromatic nitrogens is 1. The molecular weight excluding hydrogens is 312 g/mol. The van der Waals surface area contributed by atoms with Gasteiger partial charge in [-0.25, -0.2) is 0 Å². The van der Waals surface area contributed by atoms with E-state index in [4.69, 9.17) is 20.6 Å². The van der Waals surface area contributed by atoms with Crippen molar-refractivity contribution in [3.05, 3.63) is 29.6 Å². The van der Waals surface area contributed by atoms with Crippen molar-refractivity contribution in [3.8, 4) is 12.3 Å². The molecule has 0 radical (unpaired) electrons. The van der Waals surface area contributed by atoms with E-state index in [-0.39, 0.29) is 18.3 Å². The lowest BCUT2D eigenvalue weighted by Gasteiger charge is -2.07. The average Bonchev–Trinajstić information content (AvgIpc) is 2.59. The van der Waals surface area contributed by atoms with Gasteiger partial charge < -0.3 is 19.5 Å². The number of terminal acetylenes is 1. The molecule has 0 fully saturated rings. The molecule has 1 amide bonds. The molecule has 7 heteroatoms. The van der Waals surface area contributed by atoms with E-state index in [1.807, 2.05) is 0 Å². The second kappa shape index (κ2) is 12.2. The summed E-state index contributed by atoms with van der Waals surface area (Å²) in [5, 5.41) is 2.70. The monoisotopic (exact) mass is 334 g/mol. The number of rotatable bonds is 12. The zero-order valence-electron chi connectivity index (χ0n) is 13.7. The highest BCUT2D eigenvalue weighted by atomic mass is 16.5. The number of carbonyl (C=O) groups excluding carboxylic acids is 2. The Morgan fingerprint density at radius 3 is 2.38 bits per heavy atom. The van der Waals surface area contributed by atoms with Crippen LogP contribution in [0.4, 0.5) is 0 Å². The van der Waals surface area contributed by atoms with Crippen molar-refractivity contribution < 1.29 is 23.8 Å². The number of hydrogen-bond acceptors (Lipinski definition) is 6. The fraction of sp³-hybridized carbons (Fsp3) is 0.471. The lowest BCUT2D eigenvalue weighted by Crippen LogP contribution is -2.28. The molecule has 0 aromatic carbocycles. The number of ether oxygens (including phenoxy) is 3. The van der Waals surface area contributed by atoms with Gasteiger partial charge in [-0.1, -0.05) is 5.92 Å². The highest BCUT2D eigenvalue weighted by molar-refractivity contribution is 5.99. The first kappa shape index (κ1) is 19.8. The van der Waals surface area contributed by atoms with E-state index in [1.165, 1.54) is 25.4 Å². The Morgan fingerprint density at radius 1 is 1.08 bits per heavy atom. The van der Waals surface area contributed by atoms with Crippen LogP contribution in [0.15, 0.2) is 18.5 Å². The summed E-state index contributed by atoms with van der Waals surface area (Å²) < 4.78 is 15.6. The van der Waals surface area contributed by atoms with Crippen LogP contribution in [0.5, 0.6) is 0 Å². The van der Waals surface area contributed by atoms with Gasteiger partial charge in [0.15, 0.2) is 5.78 Å². The third-order valence-electron chi connectivity index (χ3n) is 2.87. The zero-order chi connectivity index (χ0) is 17.6. The largest absolute Gasteiger partial charge is 0.377 e. The lowest BCUT2D eigenvalue weighted by molar-refractivity contribution is 0.0209. The Hall–Kier alpha value is -2.27. The summed E-state index contributed by atoms with van der Waals surface area (Å²) in [6.45, 7) is 4.20. The molecule has 0 saturated heterocycles. The van der Waals surface area contributed by atoms with Crippen LogP contribution in [0.25, 0.3) is 0 Å². The van der Waals surface area contributed by atoms with Crippen molar-refractivity contribution in [1.29, 1.82) is 0 Å². The summed E-state index contributed by atoms with van der Waals surface area (Å²) in [6.07, 6.45) is 7.88. The number of nitrogens with one attached hydrogen (secondary N) is 1. The second-order valence-electron chi connectivity index (χ2n) is 4.76. The van der Waals surface area contributed by atoms with Gasteiger partial charge in [0, 0.05) is 24.5 Å². The number of ketones is 1. The van der Waals surface area contributed by atoms with Crippen molar-refractivity contribution in [2.75, 3.05) is 46.2 Å².